The highest BCUT2D eigenvalue weighted by Crippen LogP contribution is 2.37. The summed E-state index contributed by atoms with van der Waals surface area (Å²) >= 11 is 3.50. The van der Waals surface area contributed by atoms with Crippen molar-refractivity contribution in [3.05, 3.63) is 35.4 Å². The van der Waals surface area contributed by atoms with Gasteiger partial charge in [0.1, 0.15) is 0 Å². The summed E-state index contributed by atoms with van der Waals surface area (Å²) in [6.45, 7) is 2.84. The van der Waals surface area contributed by atoms with E-state index in [9.17, 15) is 8.78 Å². The van der Waals surface area contributed by atoms with Gasteiger partial charge in [0.15, 0.2) is 11.6 Å². The van der Waals surface area contributed by atoms with Gasteiger partial charge in [-0.25, -0.2) is 8.78 Å². The molecule has 1 aromatic rings. The smallest absolute Gasteiger partial charge is 0.159 e. The SMILES string of the molecule is CC1CCOC1C(Br)c1ccc(F)c(F)c1. The molecule has 0 radical (unpaired) electrons. The molecular weight excluding hydrogens is 278 g/mol. The van der Waals surface area contributed by atoms with Crippen molar-refractivity contribution in [3.63, 3.8) is 0 Å². The predicted octanol–water partition coefficient (Wildman–Crippen LogP) is 3.83. The maximum Gasteiger partial charge on any atom is 0.159 e. The van der Waals surface area contributed by atoms with Crippen molar-refractivity contribution in [3.8, 4) is 0 Å². The quantitative estimate of drug-likeness (QED) is 0.753. The molecule has 88 valence electrons. The summed E-state index contributed by atoms with van der Waals surface area (Å²) in [5.41, 5.74) is 0.720. The zero-order valence-corrected chi connectivity index (χ0v) is 10.5. The Balaban J connectivity index is 2.20. The van der Waals surface area contributed by atoms with E-state index >= 15 is 0 Å². The maximum atomic E-state index is 13.1. The van der Waals surface area contributed by atoms with Crippen molar-refractivity contribution in [2.45, 2.75) is 24.3 Å². The second-order valence-corrected chi connectivity index (χ2v) is 5.16. The highest BCUT2D eigenvalue weighted by molar-refractivity contribution is 9.09. The fourth-order valence-electron chi connectivity index (χ4n) is 1.97. The lowest BCUT2D eigenvalue weighted by Crippen LogP contribution is -2.19. The van der Waals surface area contributed by atoms with Crippen LogP contribution in [0.4, 0.5) is 8.78 Å². The van der Waals surface area contributed by atoms with Crippen LogP contribution in [0.15, 0.2) is 18.2 Å². The molecular formula is C12H13BrF2O. The van der Waals surface area contributed by atoms with Crippen molar-refractivity contribution in [1.29, 1.82) is 0 Å². The maximum absolute atomic E-state index is 13.1. The van der Waals surface area contributed by atoms with Gasteiger partial charge in [0.05, 0.1) is 10.9 Å². The largest absolute Gasteiger partial charge is 0.376 e. The zero-order valence-electron chi connectivity index (χ0n) is 8.92. The zero-order chi connectivity index (χ0) is 11.7. The molecule has 4 heteroatoms. The molecule has 0 aromatic heterocycles. The third-order valence-electron chi connectivity index (χ3n) is 2.99. The van der Waals surface area contributed by atoms with E-state index in [4.69, 9.17) is 4.74 Å². The number of rotatable bonds is 2. The third-order valence-corrected chi connectivity index (χ3v) is 4.04. The minimum absolute atomic E-state index is 0.0323. The van der Waals surface area contributed by atoms with Crippen LogP contribution in [0.5, 0.6) is 0 Å². The summed E-state index contributed by atoms with van der Waals surface area (Å²) in [5.74, 6) is -1.20. The highest BCUT2D eigenvalue weighted by atomic mass is 79.9. The molecule has 1 saturated heterocycles. The highest BCUT2D eigenvalue weighted by Gasteiger charge is 2.31. The fourth-order valence-corrected chi connectivity index (χ4v) is 2.92. The van der Waals surface area contributed by atoms with Gasteiger partial charge in [-0.1, -0.05) is 28.9 Å². The molecule has 3 atom stereocenters. The van der Waals surface area contributed by atoms with Crippen molar-refractivity contribution >= 4 is 15.9 Å². The molecule has 0 spiro atoms. The van der Waals surface area contributed by atoms with E-state index in [-0.39, 0.29) is 10.9 Å². The Morgan fingerprint density at radius 1 is 1.38 bits per heavy atom. The minimum Gasteiger partial charge on any atom is -0.376 e. The number of hydrogen-bond acceptors (Lipinski definition) is 1. The summed E-state index contributed by atoms with van der Waals surface area (Å²) < 4.78 is 31.5. The molecule has 3 unspecified atom stereocenters. The first-order valence-electron chi connectivity index (χ1n) is 5.30. The predicted molar refractivity (Wildman–Crippen MR) is 61.5 cm³/mol. The number of halogens is 3. The number of benzene rings is 1. The van der Waals surface area contributed by atoms with Crippen molar-refractivity contribution in [1.82, 2.24) is 0 Å². The lowest BCUT2D eigenvalue weighted by atomic mass is 9.97. The molecule has 0 bridgehead atoms. The van der Waals surface area contributed by atoms with Crippen LogP contribution in [0.1, 0.15) is 23.7 Å². The van der Waals surface area contributed by atoms with E-state index in [1.54, 1.807) is 6.07 Å². The second-order valence-electron chi connectivity index (χ2n) is 4.18. The number of hydrogen-bond donors (Lipinski definition) is 0. The van der Waals surface area contributed by atoms with Crippen LogP contribution in [0.25, 0.3) is 0 Å². The monoisotopic (exact) mass is 290 g/mol. The van der Waals surface area contributed by atoms with Crippen LogP contribution in [-0.2, 0) is 4.74 Å². The Labute approximate surface area is 102 Å². The normalized spacial score (nSPS) is 27.0. The van der Waals surface area contributed by atoms with E-state index in [0.717, 1.165) is 24.7 Å². The Bertz CT molecular complexity index is 383. The second kappa shape index (κ2) is 4.80. The van der Waals surface area contributed by atoms with Crippen LogP contribution in [0.2, 0.25) is 0 Å². The first kappa shape index (κ1) is 12.0. The summed E-state index contributed by atoms with van der Waals surface area (Å²) in [4.78, 5) is -0.0832. The van der Waals surface area contributed by atoms with E-state index in [2.05, 4.69) is 22.9 Å². The first-order valence-corrected chi connectivity index (χ1v) is 6.22. The molecule has 2 rings (SSSR count). The van der Waals surface area contributed by atoms with Gasteiger partial charge in [0, 0.05) is 6.61 Å². The molecule has 1 aliphatic rings. The van der Waals surface area contributed by atoms with Gasteiger partial charge >= 0.3 is 0 Å². The average molecular weight is 291 g/mol. The summed E-state index contributed by atoms with van der Waals surface area (Å²) in [6.07, 6.45) is 1.04. The molecule has 0 aliphatic carbocycles. The van der Waals surface area contributed by atoms with Gasteiger partial charge in [-0.2, -0.15) is 0 Å². The van der Waals surface area contributed by atoms with Crippen LogP contribution in [0, 0.1) is 17.6 Å². The lowest BCUT2D eigenvalue weighted by molar-refractivity contribution is 0.0934. The lowest BCUT2D eigenvalue weighted by Gasteiger charge is -2.21. The summed E-state index contributed by atoms with van der Waals surface area (Å²) in [6, 6.07) is 3.97. The van der Waals surface area contributed by atoms with Crippen LogP contribution >= 0.6 is 15.9 Å². The summed E-state index contributed by atoms with van der Waals surface area (Å²) in [7, 11) is 0. The van der Waals surface area contributed by atoms with Gasteiger partial charge < -0.3 is 4.74 Å². The summed E-state index contributed by atoms with van der Waals surface area (Å²) in [5, 5.41) is 0. The number of ether oxygens (including phenoxy) is 1. The molecule has 16 heavy (non-hydrogen) atoms. The first-order chi connectivity index (χ1) is 7.59. The van der Waals surface area contributed by atoms with Gasteiger partial charge in [-0.15, -0.1) is 0 Å². The molecule has 0 N–H and O–H groups in total. The van der Waals surface area contributed by atoms with E-state index in [0.29, 0.717) is 5.92 Å². The van der Waals surface area contributed by atoms with E-state index in [1.165, 1.54) is 6.07 Å². The molecule has 1 fully saturated rings. The third kappa shape index (κ3) is 2.28. The van der Waals surface area contributed by atoms with Crippen molar-refractivity contribution in [2.24, 2.45) is 5.92 Å². The van der Waals surface area contributed by atoms with Crippen LogP contribution in [-0.4, -0.2) is 12.7 Å². The number of alkyl halides is 1. The molecule has 0 amide bonds. The van der Waals surface area contributed by atoms with Gasteiger partial charge in [0.2, 0.25) is 0 Å². The Kier molecular flexibility index (Phi) is 3.60. The van der Waals surface area contributed by atoms with Crippen LogP contribution < -0.4 is 0 Å². The van der Waals surface area contributed by atoms with Gasteiger partial charge in [-0.05, 0) is 30.0 Å². The Hall–Kier alpha value is -0.480. The molecule has 1 nitrogen and oxygen atoms in total. The van der Waals surface area contributed by atoms with E-state index < -0.39 is 11.6 Å². The fraction of sp³-hybridized carbons (Fsp3) is 0.500. The van der Waals surface area contributed by atoms with E-state index in [1.807, 2.05) is 0 Å². The molecule has 0 saturated carbocycles. The van der Waals surface area contributed by atoms with Crippen molar-refractivity contribution < 1.29 is 13.5 Å². The van der Waals surface area contributed by atoms with Crippen LogP contribution in [0.3, 0.4) is 0 Å². The van der Waals surface area contributed by atoms with Crippen molar-refractivity contribution in [2.75, 3.05) is 6.61 Å². The van der Waals surface area contributed by atoms with Gasteiger partial charge in [0.25, 0.3) is 0 Å². The molecule has 1 heterocycles. The average Bonchev–Trinajstić information content (AvgIpc) is 2.67. The van der Waals surface area contributed by atoms with Gasteiger partial charge in [-0.3, -0.25) is 0 Å². The minimum atomic E-state index is -0.816. The molecule has 1 aromatic carbocycles. The molecule has 1 aliphatic heterocycles. The Morgan fingerprint density at radius 2 is 2.12 bits per heavy atom. The Morgan fingerprint density at radius 3 is 2.69 bits per heavy atom. The standard InChI is InChI=1S/C12H13BrF2O/c1-7-4-5-16-12(7)11(13)8-2-3-9(14)10(15)6-8/h2-3,6-7,11-12H,4-5H2,1H3. The topological polar surface area (TPSA) is 9.23 Å².